The maximum absolute atomic E-state index is 12.7. The average Bonchev–Trinajstić information content (AvgIpc) is 2.75. The van der Waals surface area contributed by atoms with Gasteiger partial charge in [-0.3, -0.25) is 9.59 Å². The van der Waals surface area contributed by atoms with Crippen LogP contribution < -0.4 is 15.5 Å². The monoisotopic (exact) mass is 408 g/mol. The fourth-order valence-corrected chi connectivity index (χ4v) is 3.88. The Morgan fingerprint density at radius 2 is 1.73 bits per heavy atom. The molecule has 2 N–H and O–H groups in total. The van der Waals surface area contributed by atoms with Gasteiger partial charge in [-0.05, 0) is 42.8 Å². The molecule has 6 heteroatoms. The number of amides is 2. The van der Waals surface area contributed by atoms with Crippen LogP contribution in [0.3, 0.4) is 0 Å². The maximum Gasteiger partial charge on any atom is 0.226 e. The van der Waals surface area contributed by atoms with Crippen molar-refractivity contribution in [3.63, 3.8) is 0 Å². The second-order valence-corrected chi connectivity index (χ2v) is 7.84. The van der Waals surface area contributed by atoms with Crippen LogP contribution >= 0.6 is 0 Å². The average molecular weight is 409 g/mol. The zero-order valence-electron chi connectivity index (χ0n) is 18.1. The number of carbonyl (C=O) groups excluding carboxylic acids is 2. The summed E-state index contributed by atoms with van der Waals surface area (Å²) in [5, 5.41) is 5.89. The van der Waals surface area contributed by atoms with Gasteiger partial charge >= 0.3 is 0 Å². The number of carbonyl (C=O) groups is 2. The molecule has 2 aromatic carbocycles. The van der Waals surface area contributed by atoms with Gasteiger partial charge in [0.1, 0.15) is 0 Å². The van der Waals surface area contributed by atoms with E-state index in [0.717, 1.165) is 49.5 Å². The second kappa shape index (κ2) is 10.3. The Hall–Kier alpha value is -2.86. The normalized spacial score (nSPS) is 15.5. The maximum atomic E-state index is 12.7. The van der Waals surface area contributed by atoms with Crippen LogP contribution in [0.5, 0.6) is 0 Å². The van der Waals surface area contributed by atoms with Crippen LogP contribution in [0, 0.1) is 6.92 Å². The van der Waals surface area contributed by atoms with Gasteiger partial charge < -0.3 is 20.4 Å². The molecule has 2 amide bonds. The van der Waals surface area contributed by atoms with Gasteiger partial charge in [-0.1, -0.05) is 37.3 Å². The molecule has 2 aromatic rings. The fraction of sp³-hybridized carbons (Fsp3) is 0.417. The molecule has 0 spiro atoms. The summed E-state index contributed by atoms with van der Waals surface area (Å²) < 4.78 is 0. The predicted molar refractivity (Wildman–Crippen MR) is 122 cm³/mol. The number of rotatable bonds is 7. The first-order chi connectivity index (χ1) is 14.5. The third-order valence-corrected chi connectivity index (χ3v) is 5.64. The molecule has 0 saturated carbocycles. The lowest BCUT2D eigenvalue weighted by Crippen LogP contribution is -2.46. The Labute approximate surface area is 179 Å². The topological polar surface area (TPSA) is 64.7 Å². The number of nitrogens with zero attached hydrogens (tertiary/aromatic N) is 2. The van der Waals surface area contributed by atoms with Crippen molar-refractivity contribution in [2.45, 2.75) is 33.2 Å². The van der Waals surface area contributed by atoms with Crippen molar-refractivity contribution in [2.24, 2.45) is 0 Å². The van der Waals surface area contributed by atoms with Crippen molar-refractivity contribution >= 4 is 23.2 Å². The summed E-state index contributed by atoms with van der Waals surface area (Å²) in [5.41, 5.74) is 3.96. The third-order valence-electron chi connectivity index (χ3n) is 5.64. The largest absolute Gasteiger partial charge is 0.369 e. The van der Waals surface area contributed by atoms with E-state index in [-0.39, 0.29) is 24.3 Å². The molecule has 0 aromatic heterocycles. The van der Waals surface area contributed by atoms with Gasteiger partial charge in [-0.2, -0.15) is 0 Å². The van der Waals surface area contributed by atoms with Crippen molar-refractivity contribution in [1.29, 1.82) is 0 Å². The number of nitrogens with one attached hydrogen (secondary N) is 2. The number of likely N-dealkylation sites (N-methyl/N-ethyl adjacent to an activating group) is 1. The molecule has 1 heterocycles. The van der Waals surface area contributed by atoms with Gasteiger partial charge in [0.05, 0.1) is 12.5 Å². The molecule has 3 rings (SSSR count). The summed E-state index contributed by atoms with van der Waals surface area (Å²) in [4.78, 5) is 29.2. The van der Waals surface area contributed by atoms with Crippen LogP contribution in [0.1, 0.15) is 37.4 Å². The molecule has 0 aliphatic carbocycles. The molecule has 160 valence electrons. The van der Waals surface area contributed by atoms with Crippen LogP contribution in [0.4, 0.5) is 11.4 Å². The summed E-state index contributed by atoms with van der Waals surface area (Å²) in [5.74, 6) is -0.273. The zero-order chi connectivity index (χ0) is 21.5. The van der Waals surface area contributed by atoms with E-state index in [0.29, 0.717) is 0 Å². The van der Waals surface area contributed by atoms with Crippen molar-refractivity contribution < 1.29 is 9.59 Å². The third kappa shape index (κ3) is 5.83. The Balaban J connectivity index is 1.63. The lowest BCUT2D eigenvalue weighted by molar-refractivity contribution is -0.120. The second-order valence-electron chi connectivity index (χ2n) is 7.84. The van der Waals surface area contributed by atoms with E-state index in [1.165, 1.54) is 12.6 Å². The minimum Gasteiger partial charge on any atom is -0.369 e. The van der Waals surface area contributed by atoms with Crippen LogP contribution in [0.2, 0.25) is 0 Å². The number of hydrogen-bond donors (Lipinski definition) is 2. The van der Waals surface area contributed by atoms with E-state index in [9.17, 15) is 9.59 Å². The molecule has 1 fully saturated rings. The van der Waals surface area contributed by atoms with Crippen LogP contribution in [0.15, 0.2) is 48.5 Å². The molecule has 1 atom stereocenters. The molecule has 1 aliphatic rings. The summed E-state index contributed by atoms with van der Waals surface area (Å²) >= 11 is 0. The zero-order valence-corrected chi connectivity index (χ0v) is 18.1. The Morgan fingerprint density at radius 3 is 2.33 bits per heavy atom. The molecule has 0 bridgehead atoms. The van der Waals surface area contributed by atoms with Gasteiger partial charge in [0, 0.05) is 44.5 Å². The van der Waals surface area contributed by atoms with Crippen LogP contribution in [-0.4, -0.2) is 49.4 Å². The first-order valence-electron chi connectivity index (χ1n) is 10.7. The number of anilines is 2. The summed E-state index contributed by atoms with van der Waals surface area (Å²) in [6.45, 7) is 11.0. The van der Waals surface area contributed by atoms with E-state index >= 15 is 0 Å². The number of hydrogen-bond acceptors (Lipinski definition) is 4. The molecular formula is C24H32N4O2. The highest BCUT2D eigenvalue weighted by Crippen LogP contribution is 2.25. The first kappa shape index (κ1) is 21.8. The van der Waals surface area contributed by atoms with Crippen LogP contribution in [-0.2, 0) is 9.59 Å². The lowest BCUT2D eigenvalue weighted by atomic mass is 10.0. The lowest BCUT2D eigenvalue weighted by Gasteiger charge is -2.35. The minimum atomic E-state index is -0.349. The molecule has 1 saturated heterocycles. The standard InChI is InChI=1S/C24H32N4O2/c1-4-27-12-14-28(15-13-27)21-10-11-22(18(2)16-21)26-24(30)17-23(25-19(3)29)20-8-6-5-7-9-20/h5-11,16,23H,4,12-15,17H2,1-3H3,(H,25,29)(H,26,30). The predicted octanol–water partition coefficient (Wildman–Crippen LogP) is 3.34. The SMILES string of the molecule is CCN1CCN(c2ccc(NC(=O)CC(NC(C)=O)c3ccccc3)c(C)c2)CC1. The fourth-order valence-electron chi connectivity index (χ4n) is 3.88. The van der Waals surface area contributed by atoms with Crippen molar-refractivity contribution in [2.75, 3.05) is 42.9 Å². The Kier molecular flexibility index (Phi) is 7.46. The van der Waals surface area contributed by atoms with Crippen molar-refractivity contribution in [1.82, 2.24) is 10.2 Å². The van der Waals surface area contributed by atoms with E-state index in [1.807, 2.05) is 43.3 Å². The summed E-state index contributed by atoms with van der Waals surface area (Å²) in [6, 6.07) is 15.4. The van der Waals surface area contributed by atoms with Gasteiger partial charge in [0.25, 0.3) is 0 Å². The van der Waals surface area contributed by atoms with Gasteiger partial charge in [0.15, 0.2) is 0 Å². The number of benzene rings is 2. The molecule has 6 nitrogen and oxygen atoms in total. The highest BCUT2D eigenvalue weighted by molar-refractivity contribution is 5.92. The Bertz CT molecular complexity index is 861. The molecule has 30 heavy (non-hydrogen) atoms. The van der Waals surface area contributed by atoms with E-state index in [2.05, 4.69) is 39.5 Å². The summed E-state index contributed by atoms with van der Waals surface area (Å²) in [7, 11) is 0. The number of aryl methyl sites for hydroxylation is 1. The van der Waals surface area contributed by atoms with E-state index in [1.54, 1.807) is 0 Å². The number of piperazine rings is 1. The van der Waals surface area contributed by atoms with Gasteiger partial charge in [-0.25, -0.2) is 0 Å². The quantitative estimate of drug-likeness (QED) is 0.738. The molecule has 0 radical (unpaired) electrons. The Morgan fingerprint density at radius 1 is 1.03 bits per heavy atom. The molecule has 1 aliphatic heterocycles. The highest BCUT2D eigenvalue weighted by atomic mass is 16.2. The molecular weight excluding hydrogens is 376 g/mol. The van der Waals surface area contributed by atoms with Crippen molar-refractivity contribution in [3.05, 3.63) is 59.7 Å². The first-order valence-corrected chi connectivity index (χ1v) is 10.7. The summed E-state index contributed by atoms with van der Waals surface area (Å²) in [6.07, 6.45) is 0.184. The minimum absolute atomic E-state index is 0.120. The molecule has 1 unspecified atom stereocenters. The van der Waals surface area contributed by atoms with E-state index in [4.69, 9.17) is 0 Å². The van der Waals surface area contributed by atoms with Crippen molar-refractivity contribution in [3.8, 4) is 0 Å². The van der Waals surface area contributed by atoms with Crippen LogP contribution in [0.25, 0.3) is 0 Å². The van der Waals surface area contributed by atoms with Gasteiger partial charge in [0.2, 0.25) is 11.8 Å². The van der Waals surface area contributed by atoms with E-state index < -0.39 is 0 Å². The van der Waals surface area contributed by atoms with Gasteiger partial charge in [-0.15, -0.1) is 0 Å². The highest BCUT2D eigenvalue weighted by Gasteiger charge is 2.19. The smallest absolute Gasteiger partial charge is 0.226 e.